The lowest BCUT2D eigenvalue weighted by atomic mass is 10.1. The van der Waals surface area contributed by atoms with Crippen LogP contribution in [0.3, 0.4) is 0 Å². The molecule has 0 fully saturated rings. The average Bonchev–Trinajstić information content (AvgIpc) is 3.97. The number of H-pyrrole nitrogens is 2. The van der Waals surface area contributed by atoms with Crippen molar-refractivity contribution in [2.45, 2.75) is 19.5 Å². The van der Waals surface area contributed by atoms with Gasteiger partial charge in [-0.25, -0.2) is 19.9 Å². The SMILES string of the molecule is CC(=O)Nc1cc(C(=O)Nc2ccc(Cl)c(-c3ncc(-c4ccccc4)[nH]3)c2)ccn1.O=C(Nc1ccc(Cl)c(-c2ncc(-c3ccccc3)[nH]2)c1)c1ccc(CC(F)(F)F)nc1O. The van der Waals surface area contributed by atoms with Gasteiger partial charge in [-0.3, -0.25) is 14.4 Å². The van der Waals surface area contributed by atoms with Crippen molar-refractivity contribution < 1.29 is 32.7 Å². The van der Waals surface area contributed by atoms with Crippen LogP contribution >= 0.6 is 23.2 Å². The third kappa shape index (κ3) is 11.4. The zero-order valence-electron chi connectivity index (χ0n) is 33.3. The monoisotopic (exact) mass is 903 g/mol. The molecule has 0 bridgehead atoms. The minimum atomic E-state index is -4.48. The number of rotatable bonds is 10. The summed E-state index contributed by atoms with van der Waals surface area (Å²) >= 11 is 12.7. The van der Waals surface area contributed by atoms with Crippen molar-refractivity contribution in [3.63, 3.8) is 0 Å². The van der Waals surface area contributed by atoms with Crippen LogP contribution < -0.4 is 16.0 Å². The minimum absolute atomic E-state index is 0.262. The summed E-state index contributed by atoms with van der Waals surface area (Å²) in [4.78, 5) is 59.2. The minimum Gasteiger partial charge on any atom is -0.493 e. The van der Waals surface area contributed by atoms with Crippen molar-refractivity contribution in [3.8, 4) is 51.2 Å². The van der Waals surface area contributed by atoms with Gasteiger partial charge in [0.2, 0.25) is 11.8 Å². The van der Waals surface area contributed by atoms with Crippen molar-refractivity contribution in [2.24, 2.45) is 0 Å². The second-order valence-corrected chi connectivity index (χ2v) is 14.7. The summed E-state index contributed by atoms with van der Waals surface area (Å²) in [6, 6.07) is 34.5. The van der Waals surface area contributed by atoms with E-state index in [-0.39, 0.29) is 17.4 Å². The fourth-order valence-corrected chi connectivity index (χ4v) is 6.62. The predicted molar refractivity (Wildman–Crippen MR) is 239 cm³/mol. The van der Waals surface area contributed by atoms with Crippen LogP contribution in [0.25, 0.3) is 45.3 Å². The molecule has 0 spiro atoms. The summed E-state index contributed by atoms with van der Waals surface area (Å²) in [5.41, 5.74) is 5.39. The topological polar surface area (TPSA) is 191 Å². The van der Waals surface area contributed by atoms with E-state index >= 15 is 0 Å². The second kappa shape index (κ2) is 19.5. The van der Waals surface area contributed by atoms with Gasteiger partial charge in [0.05, 0.1) is 45.9 Å². The van der Waals surface area contributed by atoms with Crippen molar-refractivity contribution >= 4 is 58.1 Å². The van der Waals surface area contributed by atoms with Gasteiger partial charge in [0, 0.05) is 41.2 Å². The van der Waals surface area contributed by atoms with Gasteiger partial charge >= 0.3 is 6.18 Å². The Balaban J connectivity index is 0.000000192. The number of nitrogens with zero attached hydrogens (tertiary/aromatic N) is 4. The summed E-state index contributed by atoms with van der Waals surface area (Å²) in [5, 5.41) is 18.8. The van der Waals surface area contributed by atoms with Crippen LogP contribution in [0.5, 0.6) is 5.88 Å². The molecular formula is C46H34Cl2F3N9O4. The molecule has 0 aliphatic rings. The Morgan fingerprint density at radius 3 is 1.69 bits per heavy atom. The van der Waals surface area contributed by atoms with Crippen LogP contribution in [0.4, 0.5) is 30.4 Å². The number of alkyl halides is 3. The highest BCUT2D eigenvalue weighted by atomic mass is 35.5. The molecule has 4 aromatic carbocycles. The lowest BCUT2D eigenvalue weighted by molar-refractivity contribution is -0.127. The molecule has 0 radical (unpaired) electrons. The van der Waals surface area contributed by atoms with Crippen LogP contribution in [0.1, 0.15) is 33.3 Å². The molecule has 6 N–H and O–H groups in total. The summed E-state index contributed by atoms with van der Waals surface area (Å²) < 4.78 is 37.5. The third-order valence-electron chi connectivity index (χ3n) is 9.17. The van der Waals surface area contributed by atoms with E-state index in [1.165, 1.54) is 19.2 Å². The van der Waals surface area contributed by atoms with Gasteiger partial charge in [0.15, 0.2) is 0 Å². The Morgan fingerprint density at radius 1 is 0.656 bits per heavy atom. The summed E-state index contributed by atoms with van der Waals surface area (Å²) in [6.45, 7) is 1.38. The zero-order chi connectivity index (χ0) is 45.4. The van der Waals surface area contributed by atoms with Gasteiger partial charge in [-0.1, -0.05) is 83.9 Å². The Labute approximate surface area is 372 Å². The molecule has 0 atom stereocenters. The number of hydrogen-bond donors (Lipinski definition) is 6. The largest absolute Gasteiger partial charge is 0.493 e. The number of imidazole rings is 2. The quantitative estimate of drug-likeness (QED) is 0.0781. The smallest absolute Gasteiger partial charge is 0.394 e. The van der Waals surface area contributed by atoms with Gasteiger partial charge in [-0.2, -0.15) is 13.2 Å². The number of nitrogens with one attached hydrogen (secondary N) is 5. The fourth-order valence-electron chi connectivity index (χ4n) is 6.20. The van der Waals surface area contributed by atoms with E-state index in [4.69, 9.17) is 23.2 Å². The molecule has 4 aromatic heterocycles. The number of amides is 3. The van der Waals surface area contributed by atoms with Crippen molar-refractivity contribution in [1.29, 1.82) is 0 Å². The van der Waals surface area contributed by atoms with Crippen LogP contribution in [-0.2, 0) is 11.2 Å². The maximum absolute atomic E-state index is 12.7. The molecular weight excluding hydrogens is 870 g/mol. The normalized spacial score (nSPS) is 11.0. The Bertz CT molecular complexity index is 2960. The lowest BCUT2D eigenvalue weighted by Crippen LogP contribution is -2.15. The summed E-state index contributed by atoms with van der Waals surface area (Å²) in [7, 11) is 0. The summed E-state index contributed by atoms with van der Waals surface area (Å²) in [5.74, 6) is -0.751. The van der Waals surface area contributed by atoms with E-state index in [1.807, 2.05) is 60.7 Å². The highest BCUT2D eigenvalue weighted by Crippen LogP contribution is 2.33. The molecule has 4 heterocycles. The number of anilines is 3. The number of pyridine rings is 2. The first-order valence-corrected chi connectivity index (χ1v) is 19.9. The first-order valence-electron chi connectivity index (χ1n) is 19.1. The number of aromatic nitrogens is 6. The molecule has 0 unspecified atom stereocenters. The first kappa shape index (κ1) is 44.2. The van der Waals surface area contributed by atoms with E-state index in [9.17, 15) is 32.7 Å². The highest BCUT2D eigenvalue weighted by Gasteiger charge is 2.29. The van der Waals surface area contributed by atoms with Gasteiger partial charge < -0.3 is 31.0 Å². The molecule has 18 heteroatoms. The first-order chi connectivity index (χ1) is 30.7. The number of aromatic hydroxyl groups is 1. The van der Waals surface area contributed by atoms with Crippen LogP contribution in [0.2, 0.25) is 10.0 Å². The molecule has 0 aliphatic carbocycles. The Kier molecular flexibility index (Phi) is 13.5. The summed E-state index contributed by atoms with van der Waals surface area (Å²) in [6.07, 6.45) is -0.918. The number of carbonyl (C=O) groups is 3. The van der Waals surface area contributed by atoms with Crippen molar-refractivity contribution in [2.75, 3.05) is 16.0 Å². The Morgan fingerprint density at radius 2 is 1.19 bits per heavy atom. The lowest BCUT2D eigenvalue weighted by Gasteiger charge is -2.10. The molecule has 0 aliphatic heterocycles. The second-order valence-electron chi connectivity index (χ2n) is 13.9. The number of hydrogen-bond acceptors (Lipinski definition) is 8. The highest BCUT2D eigenvalue weighted by molar-refractivity contribution is 6.33. The molecule has 3 amide bonds. The molecule has 0 saturated heterocycles. The molecule has 8 rings (SSSR count). The number of carbonyl (C=O) groups excluding carboxylic acids is 3. The molecule has 0 saturated carbocycles. The van der Waals surface area contributed by atoms with Gasteiger partial charge in [-0.15, -0.1) is 0 Å². The predicted octanol–water partition coefficient (Wildman–Crippen LogP) is 10.9. The standard InChI is InChI=1S/C23H16ClF3N4O2.C23H18ClN5O2/c24-18-9-7-14(10-17(18)20-28-12-19(31-20)13-4-2-1-3-5-13)29-21(32)16-8-6-15(30-22(16)33)11-23(25,26)27;1-14(30)27-21-11-16(9-10-25-21)23(31)28-17-7-8-19(24)18(12-17)22-26-13-20(29-22)15-5-3-2-4-6-15/h1-10,12H,11H2,(H,28,31)(H,29,32)(H,30,33);2-13H,1H3,(H,26,29)(H,28,31)(H,25,27,30). The van der Waals surface area contributed by atoms with Crippen LogP contribution in [-0.4, -0.2) is 58.9 Å². The van der Waals surface area contributed by atoms with Crippen molar-refractivity contribution in [3.05, 3.63) is 167 Å². The van der Waals surface area contributed by atoms with E-state index in [0.717, 1.165) is 34.6 Å². The molecule has 64 heavy (non-hydrogen) atoms. The van der Waals surface area contributed by atoms with E-state index in [2.05, 4.69) is 45.9 Å². The fraction of sp³-hybridized carbons (Fsp3) is 0.0652. The maximum atomic E-state index is 12.7. The van der Waals surface area contributed by atoms with Gasteiger partial charge in [0.1, 0.15) is 23.0 Å². The van der Waals surface area contributed by atoms with Crippen LogP contribution in [0.15, 0.2) is 140 Å². The van der Waals surface area contributed by atoms with Crippen molar-refractivity contribution in [1.82, 2.24) is 29.9 Å². The third-order valence-corrected chi connectivity index (χ3v) is 9.82. The molecule has 322 valence electrons. The van der Waals surface area contributed by atoms with E-state index in [1.54, 1.807) is 54.9 Å². The number of halogens is 5. The van der Waals surface area contributed by atoms with Gasteiger partial charge in [0.25, 0.3) is 11.8 Å². The molecule has 8 aromatic rings. The maximum Gasteiger partial charge on any atom is 0.394 e. The van der Waals surface area contributed by atoms with E-state index < -0.39 is 30.1 Å². The van der Waals surface area contributed by atoms with Gasteiger partial charge in [-0.05, 0) is 71.8 Å². The van der Waals surface area contributed by atoms with E-state index in [0.29, 0.717) is 55.6 Å². The average molecular weight is 905 g/mol. The Hall–Kier alpha value is -7.82. The number of benzene rings is 4. The molecule has 13 nitrogen and oxygen atoms in total. The zero-order valence-corrected chi connectivity index (χ0v) is 34.8. The number of aromatic amines is 2. The van der Waals surface area contributed by atoms with Crippen LogP contribution in [0, 0.1) is 0 Å².